The fraction of sp³-hybridized carbons (Fsp3) is 0.412. The van der Waals surface area contributed by atoms with Crippen LogP contribution in [0.15, 0.2) is 18.3 Å². The van der Waals surface area contributed by atoms with Crippen LogP contribution in [0.4, 0.5) is 0 Å². The SMILES string of the molecule is Cc1ccc(C(=O)N2Cc3c(C(=O)NC4CC4)nn(C)c3C2)cn1. The second kappa shape index (κ2) is 5.43. The fourth-order valence-corrected chi connectivity index (χ4v) is 2.98. The van der Waals surface area contributed by atoms with Crippen LogP contribution in [0, 0.1) is 6.92 Å². The van der Waals surface area contributed by atoms with Gasteiger partial charge in [0, 0.05) is 30.5 Å². The van der Waals surface area contributed by atoms with Crippen molar-refractivity contribution in [1.82, 2.24) is 25.0 Å². The van der Waals surface area contributed by atoms with Crippen LogP contribution in [0.25, 0.3) is 0 Å². The van der Waals surface area contributed by atoms with Gasteiger partial charge in [-0.1, -0.05) is 0 Å². The lowest BCUT2D eigenvalue weighted by molar-refractivity contribution is 0.0745. The minimum absolute atomic E-state index is 0.0766. The summed E-state index contributed by atoms with van der Waals surface area (Å²) in [5.74, 6) is -0.215. The number of carbonyl (C=O) groups is 2. The van der Waals surface area contributed by atoms with Gasteiger partial charge in [-0.05, 0) is 31.9 Å². The van der Waals surface area contributed by atoms with E-state index in [1.165, 1.54) is 0 Å². The Morgan fingerprint density at radius 2 is 2.04 bits per heavy atom. The number of pyridine rings is 1. The maximum Gasteiger partial charge on any atom is 0.272 e. The molecule has 0 saturated heterocycles. The first-order valence-electron chi connectivity index (χ1n) is 8.10. The third kappa shape index (κ3) is 2.55. The van der Waals surface area contributed by atoms with Crippen molar-refractivity contribution in [2.75, 3.05) is 0 Å². The Labute approximate surface area is 139 Å². The highest BCUT2D eigenvalue weighted by Crippen LogP contribution is 2.28. The molecule has 1 aliphatic carbocycles. The molecule has 0 atom stereocenters. The minimum atomic E-state index is -0.138. The van der Waals surface area contributed by atoms with Gasteiger partial charge in [-0.25, -0.2) is 0 Å². The number of nitrogens with zero attached hydrogens (tertiary/aromatic N) is 4. The fourth-order valence-electron chi connectivity index (χ4n) is 2.98. The zero-order chi connectivity index (χ0) is 16.8. The molecular formula is C17H19N5O2. The largest absolute Gasteiger partial charge is 0.348 e. The first kappa shape index (κ1) is 14.9. The first-order valence-corrected chi connectivity index (χ1v) is 8.10. The molecule has 1 aliphatic heterocycles. The Balaban J connectivity index is 1.56. The number of hydrogen-bond acceptors (Lipinski definition) is 4. The van der Waals surface area contributed by atoms with Gasteiger partial charge in [0.05, 0.1) is 24.3 Å². The van der Waals surface area contributed by atoms with Crippen LogP contribution in [-0.2, 0) is 20.1 Å². The summed E-state index contributed by atoms with van der Waals surface area (Å²) >= 11 is 0. The molecule has 7 nitrogen and oxygen atoms in total. The van der Waals surface area contributed by atoms with Crippen LogP contribution in [0.3, 0.4) is 0 Å². The Morgan fingerprint density at radius 3 is 2.71 bits per heavy atom. The van der Waals surface area contributed by atoms with Gasteiger partial charge in [0.25, 0.3) is 11.8 Å². The van der Waals surface area contributed by atoms with Gasteiger partial charge < -0.3 is 10.2 Å². The number of hydrogen-bond donors (Lipinski definition) is 1. The summed E-state index contributed by atoms with van der Waals surface area (Å²) in [6.07, 6.45) is 3.66. The topological polar surface area (TPSA) is 80.1 Å². The second-order valence-electron chi connectivity index (χ2n) is 6.49. The molecule has 3 heterocycles. The van der Waals surface area contributed by atoms with Crippen molar-refractivity contribution >= 4 is 11.8 Å². The predicted molar refractivity (Wildman–Crippen MR) is 86.2 cm³/mol. The molecule has 2 aromatic heterocycles. The van der Waals surface area contributed by atoms with Crippen LogP contribution in [0.5, 0.6) is 0 Å². The third-order valence-electron chi connectivity index (χ3n) is 4.54. The van der Waals surface area contributed by atoms with Crippen LogP contribution in [-0.4, -0.2) is 37.5 Å². The zero-order valence-corrected chi connectivity index (χ0v) is 13.7. The summed E-state index contributed by atoms with van der Waals surface area (Å²) in [5, 5.41) is 7.31. The Kier molecular flexibility index (Phi) is 3.37. The molecule has 0 bridgehead atoms. The average Bonchev–Trinajstić information content (AvgIpc) is 3.17. The molecule has 1 saturated carbocycles. The monoisotopic (exact) mass is 325 g/mol. The summed E-state index contributed by atoms with van der Waals surface area (Å²) in [4.78, 5) is 30.9. The molecular weight excluding hydrogens is 306 g/mol. The van der Waals surface area contributed by atoms with E-state index in [4.69, 9.17) is 0 Å². The lowest BCUT2D eigenvalue weighted by Gasteiger charge is -2.16. The molecule has 1 fully saturated rings. The average molecular weight is 325 g/mol. The first-order chi connectivity index (χ1) is 11.5. The molecule has 0 aromatic carbocycles. The predicted octanol–water partition coefficient (Wildman–Crippen LogP) is 1.17. The molecule has 0 radical (unpaired) electrons. The molecule has 2 amide bonds. The smallest absolute Gasteiger partial charge is 0.272 e. The van der Waals surface area contributed by atoms with Gasteiger partial charge >= 0.3 is 0 Å². The maximum absolute atomic E-state index is 12.7. The molecule has 2 aliphatic rings. The van der Waals surface area contributed by atoms with E-state index in [0.717, 1.165) is 29.8 Å². The lowest BCUT2D eigenvalue weighted by atomic mass is 10.2. The van der Waals surface area contributed by atoms with Crippen LogP contribution >= 0.6 is 0 Å². The molecule has 0 spiro atoms. The molecule has 124 valence electrons. The lowest BCUT2D eigenvalue weighted by Crippen LogP contribution is -2.29. The van der Waals surface area contributed by atoms with Crippen molar-refractivity contribution in [1.29, 1.82) is 0 Å². The minimum Gasteiger partial charge on any atom is -0.348 e. The van der Waals surface area contributed by atoms with E-state index in [2.05, 4.69) is 15.4 Å². The normalized spacial score (nSPS) is 16.2. The number of nitrogens with one attached hydrogen (secondary N) is 1. The summed E-state index contributed by atoms with van der Waals surface area (Å²) in [6.45, 7) is 2.75. The summed E-state index contributed by atoms with van der Waals surface area (Å²) in [6, 6.07) is 3.90. The van der Waals surface area contributed by atoms with E-state index in [1.807, 2.05) is 20.0 Å². The van der Waals surface area contributed by atoms with Gasteiger partial charge in [0.2, 0.25) is 0 Å². The molecule has 2 aromatic rings. The van der Waals surface area contributed by atoms with Crippen molar-refractivity contribution in [3.05, 3.63) is 46.5 Å². The van der Waals surface area contributed by atoms with Crippen molar-refractivity contribution < 1.29 is 9.59 Å². The number of amides is 2. The van der Waals surface area contributed by atoms with Gasteiger partial charge in [-0.3, -0.25) is 19.3 Å². The van der Waals surface area contributed by atoms with Crippen LogP contribution in [0.2, 0.25) is 0 Å². The summed E-state index contributed by atoms with van der Waals surface area (Å²) in [7, 11) is 1.81. The van der Waals surface area contributed by atoms with Gasteiger partial charge in [-0.15, -0.1) is 0 Å². The second-order valence-corrected chi connectivity index (χ2v) is 6.49. The van der Waals surface area contributed by atoms with Crippen molar-refractivity contribution in [3.63, 3.8) is 0 Å². The molecule has 24 heavy (non-hydrogen) atoms. The van der Waals surface area contributed by atoms with E-state index in [1.54, 1.807) is 21.8 Å². The number of fused-ring (bicyclic) bond motifs is 1. The summed E-state index contributed by atoms with van der Waals surface area (Å²) < 4.78 is 1.71. The standard InChI is InChI=1S/C17H19N5O2/c1-10-3-4-11(7-18-10)17(24)22-8-13-14(9-22)21(2)20-15(13)16(23)19-12-5-6-12/h3-4,7,12H,5-6,8-9H2,1-2H3,(H,19,23). The Morgan fingerprint density at radius 1 is 1.25 bits per heavy atom. The summed E-state index contributed by atoms with van der Waals surface area (Å²) in [5.41, 5.74) is 3.65. The van der Waals surface area contributed by atoms with Gasteiger partial charge in [0.15, 0.2) is 5.69 Å². The number of aryl methyl sites for hydroxylation is 2. The highest BCUT2D eigenvalue weighted by atomic mass is 16.2. The van der Waals surface area contributed by atoms with E-state index in [9.17, 15) is 9.59 Å². The molecule has 4 rings (SSSR count). The van der Waals surface area contributed by atoms with E-state index in [-0.39, 0.29) is 17.9 Å². The van der Waals surface area contributed by atoms with Crippen molar-refractivity contribution in [3.8, 4) is 0 Å². The highest BCUT2D eigenvalue weighted by molar-refractivity contribution is 5.96. The van der Waals surface area contributed by atoms with Crippen LogP contribution < -0.4 is 5.32 Å². The highest BCUT2D eigenvalue weighted by Gasteiger charge is 2.34. The zero-order valence-electron chi connectivity index (χ0n) is 13.7. The van der Waals surface area contributed by atoms with E-state index >= 15 is 0 Å². The van der Waals surface area contributed by atoms with E-state index in [0.29, 0.717) is 24.3 Å². The van der Waals surface area contributed by atoms with E-state index < -0.39 is 0 Å². The molecule has 7 heteroatoms. The third-order valence-corrected chi connectivity index (χ3v) is 4.54. The number of aromatic nitrogens is 3. The van der Waals surface area contributed by atoms with Crippen molar-refractivity contribution in [2.24, 2.45) is 7.05 Å². The quantitative estimate of drug-likeness (QED) is 0.919. The van der Waals surface area contributed by atoms with Gasteiger partial charge in [-0.2, -0.15) is 5.10 Å². The molecule has 0 unspecified atom stereocenters. The maximum atomic E-state index is 12.7. The van der Waals surface area contributed by atoms with Crippen molar-refractivity contribution in [2.45, 2.75) is 38.9 Å². The number of rotatable bonds is 3. The number of carbonyl (C=O) groups excluding carboxylic acids is 2. The Bertz CT molecular complexity index is 820. The van der Waals surface area contributed by atoms with Crippen LogP contribution in [0.1, 0.15) is 50.6 Å². The molecule has 1 N–H and O–H groups in total. The van der Waals surface area contributed by atoms with Gasteiger partial charge in [0.1, 0.15) is 0 Å². The Hall–Kier alpha value is -2.70.